The van der Waals surface area contributed by atoms with E-state index >= 15 is 0 Å². The first-order valence-electron chi connectivity index (χ1n) is 5.89. The minimum Gasteiger partial charge on any atom is -0.310 e. The fraction of sp³-hybridized carbons (Fsp3) is 0.429. The Kier molecular flexibility index (Phi) is 4.19. The standard InChI is InChI=1S/C14H18BrN/c1-11-9-13(15)8-7-12(11)10-16-14-5-3-2-4-6-14/h2-3,7-9,14,16H,4-6,10H2,1H3. The molecule has 1 unspecified atom stereocenters. The Morgan fingerprint density at radius 2 is 2.25 bits per heavy atom. The zero-order valence-corrected chi connectivity index (χ0v) is 11.3. The Balaban J connectivity index is 1.91. The summed E-state index contributed by atoms with van der Waals surface area (Å²) in [5, 5.41) is 3.63. The molecule has 0 bridgehead atoms. The molecule has 2 rings (SSSR count). The van der Waals surface area contributed by atoms with Crippen molar-refractivity contribution in [3.8, 4) is 0 Å². The number of halogens is 1. The van der Waals surface area contributed by atoms with Gasteiger partial charge in [0.1, 0.15) is 0 Å². The second kappa shape index (κ2) is 5.65. The van der Waals surface area contributed by atoms with Crippen LogP contribution >= 0.6 is 15.9 Å². The number of benzene rings is 1. The van der Waals surface area contributed by atoms with E-state index in [9.17, 15) is 0 Å². The number of hydrogen-bond donors (Lipinski definition) is 1. The largest absolute Gasteiger partial charge is 0.310 e. The third kappa shape index (κ3) is 3.19. The first-order chi connectivity index (χ1) is 7.75. The van der Waals surface area contributed by atoms with Gasteiger partial charge in [-0.25, -0.2) is 0 Å². The van der Waals surface area contributed by atoms with Gasteiger partial charge in [0.05, 0.1) is 0 Å². The van der Waals surface area contributed by atoms with E-state index in [4.69, 9.17) is 0 Å². The van der Waals surface area contributed by atoms with Crippen molar-refractivity contribution in [2.45, 2.75) is 38.8 Å². The van der Waals surface area contributed by atoms with Gasteiger partial charge >= 0.3 is 0 Å². The van der Waals surface area contributed by atoms with Crippen molar-refractivity contribution >= 4 is 15.9 Å². The van der Waals surface area contributed by atoms with Crippen molar-refractivity contribution in [3.05, 3.63) is 46.0 Å². The van der Waals surface area contributed by atoms with Crippen molar-refractivity contribution in [2.75, 3.05) is 0 Å². The monoisotopic (exact) mass is 279 g/mol. The van der Waals surface area contributed by atoms with Gasteiger partial charge in [-0.2, -0.15) is 0 Å². The molecule has 0 spiro atoms. The van der Waals surface area contributed by atoms with E-state index in [-0.39, 0.29) is 0 Å². The maximum absolute atomic E-state index is 3.63. The predicted octanol–water partition coefficient (Wildman–Crippen LogP) is 3.96. The molecule has 1 aromatic rings. The lowest BCUT2D eigenvalue weighted by molar-refractivity contribution is 0.474. The molecule has 0 radical (unpaired) electrons. The molecule has 1 aliphatic rings. The minimum absolute atomic E-state index is 0.660. The Labute approximate surface area is 106 Å². The van der Waals surface area contributed by atoms with Crippen LogP contribution in [-0.2, 0) is 6.54 Å². The van der Waals surface area contributed by atoms with Gasteiger partial charge in [0, 0.05) is 17.1 Å². The van der Waals surface area contributed by atoms with Gasteiger partial charge in [0.15, 0.2) is 0 Å². The lowest BCUT2D eigenvalue weighted by Gasteiger charge is -2.20. The summed E-state index contributed by atoms with van der Waals surface area (Å²) in [6, 6.07) is 7.15. The van der Waals surface area contributed by atoms with Crippen molar-refractivity contribution in [3.63, 3.8) is 0 Å². The van der Waals surface area contributed by atoms with Crippen LogP contribution in [0.15, 0.2) is 34.8 Å². The summed E-state index contributed by atoms with van der Waals surface area (Å²) in [6.45, 7) is 3.15. The van der Waals surface area contributed by atoms with Crippen LogP contribution in [0.25, 0.3) is 0 Å². The van der Waals surface area contributed by atoms with Gasteiger partial charge in [-0.3, -0.25) is 0 Å². The number of hydrogen-bond acceptors (Lipinski definition) is 1. The molecule has 2 heteroatoms. The molecule has 86 valence electrons. The average molecular weight is 280 g/mol. The Hall–Kier alpha value is -0.600. The second-order valence-electron chi connectivity index (χ2n) is 4.43. The summed E-state index contributed by atoms with van der Waals surface area (Å²) < 4.78 is 1.16. The molecule has 0 saturated heterocycles. The van der Waals surface area contributed by atoms with Crippen LogP contribution < -0.4 is 5.32 Å². The molecule has 0 aromatic heterocycles. The first-order valence-corrected chi connectivity index (χ1v) is 6.68. The third-order valence-electron chi connectivity index (χ3n) is 3.15. The molecular weight excluding hydrogens is 262 g/mol. The average Bonchev–Trinajstić information content (AvgIpc) is 2.29. The summed E-state index contributed by atoms with van der Waals surface area (Å²) >= 11 is 3.49. The molecule has 1 N–H and O–H groups in total. The molecule has 1 aromatic carbocycles. The van der Waals surface area contributed by atoms with Crippen LogP contribution in [0, 0.1) is 6.92 Å². The van der Waals surface area contributed by atoms with E-state index in [1.165, 1.54) is 30.4 Å². The normalized spacial score (nSPS) is 20.0. The van der Waals surface area contributed by atoms with Crippen molar-refractivity contribution in [2.24, 2.45) is 0 Å². The highest BCUT2D eigenvalue weighted by Gasteiger charge is 2.09. The quantitative estimate of drug-likeness (QED) is 0.826. The molecule has 1 atom stereocenters. The van der Waals surface area contributed by atoms with Gasteiger partial charge < -0.3 is 5.32 Å². The van der Waals surface area contributed by atoms with Crippen LogP contribution in [0.1, 0.15) is 30.4 Å². The predicted molar refractivity (Wildman–Crippen MR) is 72.5 cm³/mol. The Morgan fingerprint density at radius 1 is 1.38 bits per heavy atom. The van der Waals surface area contributed by atoms with Gasteiger partial charge in [0.25, 0.3) is 0 Å². The van der Waals surface area contributed by atoms with Crippen molar-refractivity contribution in [1.29, 1.82) is 0 Å². The van der Waals surface area contributed by atoms with Crippen molar-refractivity contribution in [1.82, 2.24) is 5.32 Å². The number of rotatable bonds is 3. The topological polar surface area (TPSA) is 12.0 Å². The van der Waals surface area contributed by atoms with E-state index < -0.39 is 0 Å². The smallest absolute Gasteiger partial charge is 0.0210 e. The van der Waals surface area contributed by atoms with E-state index in [1.807, 2.05) is 0 Å². The Bertz CT molecular complexity index is 384. The number of aryl methyl sites for hydroxylation is 1. The highest BCUT2D eigenvalue weighted by Crippen LogP contribution is 2.17. The van der Waals surface area contributed by atoms with Gasteiger partial charge in [-0.05, 0) is 49.4 Å². The second-order valence-corrected chi connectivity index (χ2v) is 5.35. The van der Waals surface area contributed by atoms with Crippen LogP contribution in [-0.4, -0.2) is 6.04 Å². The summed E-state index contributed by atoms with van der Waals surface area (Å²) in [5.41, 5.74) is 2.76. The summed E-state index contributed by atoms with van der Waals surface area (Å²) in [5.74, 6) is 0. The summed E-state index contributed by atoms with van der Waals surface area (Å²) in [7, 11) is 0. The maximum Gasteiger partial charge on any atom is 0.0210 e. The first kappa shape index (κ1) is 11.9. The summed E-state index contributed by atoms with van der Waals surface area (Å²) in [6.07, 6.45) is 8.23. The molecule has 0 saturated carbocycles. The molecular formula is C14H18BrN. The third-order valence-corrected chi connectivity index (χ3v) is 3.65. The fourth-order valence-corrected chi connectivity index (χ4v) is 2.57. The molecule has 1 aliphatic carbocycles. The number of nitrogens with one attached hydrogen (secondary N) is 1. The lowest BCUT2D eigenvalue weighted by Crippen LogP contribution is -2.29. The van der Waals surface area contributed by atoms with Crippen LogP contribution in [0.2, 0.25) is 0 Å². The molecule has 1 nitrogen and oxygen atoms in total. The molecule has 16 heavy (non-hydrogen) atoms. The van der Waals surface area contributed by atoms with Crippen LogP contribution in [0.3, 0.4) is 0 Å². The Morgan fingerprint density at radius 3 is 2.94 bits per heavy atom. The zero-order valence-electron chi connectivity index (χ0n) is 9.67. The van der Waals surface area contributed by atoms with E-state index in [0.29, 0.717) is 6.04 Å². The van der Waals surface area contributed by atoms with Gasteiger partial charge in [-0.1, -0.05) is 34.1 Å². The maximum atomic E-state index is 3.63. The number of allylic oxidation sites excluding steroid dienone is 1. The lowest BCUT2D eigenvalue weighted by atomic mass is 10.0. The van der Waals surface area contributed by atoms with Gasteiger partial charge in [-0.15, -0.1) is 0 Å². The van der Waals surface area contributed by atoms with Crippen molar-refractivity contribution < 1.29 is 0 Å². The molecule has 0 amide bonds. The highest BCUT2D eigenvalue weighted by atomic mass is 79.9. The molecule has 0 heterocycles. The zero-order chi connectivity index (χ0) is 11.4. The molecule has 0 aliphatic heterocycles. The SMILES string of the molecule is Cc1cc(Br)ccc1CNC1CC=CCC1. The fourth-order valence-electron chi connectivity index (χ4n) is 2.09. The van der Waals surface area contributed by atoms with Crippen LogP contribution in [0.5, 0.6) is 0 Å². The molecule has 0 fully saturated rings. The minimum atomic E-state index is 0.660. The highest BCUT2D eigenvalue weighted by molar-refractivity contribution is 9.10. The van der Waals surface area contributed by atoms with E-state index in [2.05, 4.69) is 58.5 Å². The van der Waals surface area contributed by atoms with Gasteiger partial charge in [0.2, 0.25) is 0 Å². The summed E-state index contributed by atoms with van der Waals surface area (Å²) in [4.78, 5) is 0. The van der Waals surface area contributed by atoms with E-state index in [1.54, 1.807) is 0 Å². The van der Waals surface area contributed by atoms with Crippen LogP contribution in [0.4, 0.5) is 0 Å². The van der Waals surface area contributed by atoms with E-state index in [0.717, 1.165) is 11.0 Å².